The van der Waals surface area contributed by atoms with Crippen LogP contribution in [0.1, 0.15) is 5.56 Å². The average molecular weight is 306 g/mol. The number of anilines is 2. The van der Waals surface area contributed by atoms with Crippen LogP contribution in [0.3, 0.4) is 0 Å². The van der Waals surface area contributed by atoms with Gasteiger partial charge in [-0.2, -0.15) is 0 Å². The first-order valence-electron chi connectivity index (χ1n) is 6.36. The Bertz CT molecular complexity index is 715. The van der Waals surface area contributed by atoms with Crippen molar-refractivity contribution < 1.29 is 8.42 Å². The molecule has 0 unspecified atom stereocenters. The molecule has 1 heterocycles. The normalized spacial score (nSPS) is 11.6. The molecule has 0 aliphatic carbocycles. The molecule has 3 N–H and O–H groups in total. The van der Waals surface area contributed by atoms with Crippen LogP contribution in [0, 0.1) is 0 Å². The summed E-state index contributed by atoms with van der Waals surface area (Å²) >= 11 is 0. The quantitative estimate of drug-likeness (QED) is 0.818. The number of nitrogens with one attached hydrogen (secondary N) is 1. The predicted octanol–water partition coefficient (Wildman–Crippen LogP) is 1.53. The molecule has 0 saturated heterocycles. The van der Waals surface area contributed by atoms with Crippen LogP contribution in [0.2, 0.25) is 0 Å². The third-order valence-corrected chi connectivity index (χ3v) is 4.93. The lowest BCUT2D eigenvalue weighted by Gasteiger charge is -2.16. The lowest BCUT2D eigenvalue weighted by Crippen LogP contribution is -2.23. The van der Waals surface area contributed by atoms with E-state index < -0.39 is 10.0 Å². The molecule has 1 aromatic heterocycles. The smallest absolute Gasteiger partial charge is 0.244 e. The minimum absolute atomic E-state index is 0.104. The van der Waals surface area contributed by atoms with Crippen LogP contribution in [-0.4, -0.2) is 31.8 Å². The van der Waals surface area contributed by atoms with Gasteiger partial charge in [-0.25, -0.2) is 12.7 Å². The Hall–Kier alpha value is -2.12. The zero-order valence-electron chi connectivity index (χ0n) is 11.9. The summed E-state index contributed by atoms with van der Waals surface area (Å²) in [5.74, 6) is 0. The van der Waals surface area contributed by atoms with Gasteiger partial charge in [-0.15, -0.1) is 0 Å². The molecule has 0 spiro atoms. The van der Waals surface area contributed by atoms with Crippen LogP contribution in [0.25, 0.3) is 0 Å². The number of benzene rings is 1. The molecule has 1 aromatic carbocycles. The van der Waals surface area contributed by atoms with E-state index in [0.29, 0.717) is 12.2 Å². The number of hydrogen-bond acceptors (Lipinski definition) is 5. The Labute approximate surface area is 124 Å². The highest BCUT2D eigenvalue weighted by atomic mass is 32.2. The van der Waals surface area contributed by atoms with Gasteiger partial charge in [-0.05, 0) is 29.8 Å². The van der Waals surface area contributed by atoms with Crippen molar-refractivity contribution in [3.05, 3.63) is 48.3 Å². The number of nitrogens with two attached hydrogens (primary N) is 1. The number of aromatic nitrogens is 1. The van der Waals surface area contributed by atoms with Crippen molar-refractivity contribution in [2.75, 3.05) is 25.1 Å². The van der Waals surface area contributed by atoms with Crippen LogP contribution in [0.5, 0.6) is 0 Å². The SMILES string of the molecule is CN(C)S(=O)(=O)c1cccc(NCc2ccncc2)c1N. The number of nitrogen functional groups attached to an aromatic ring is 1. The van der Waals surface area contributed by atoms with E-state index in [1.165, 1.54) is 20.2 Å². The van der Waals surface area contributed by atoms with E-state index in [9.17, 15) is 8.42 Å². The van der Waals surface area contributed by atoms with E-state index in [1.54, 1.807) is 24.5 Å². The molecule has 7 heteroatoms. The van der Waals surface area contributed by atoms with Crippen molar-refractivity contribution in [1.29, 1.82) is 0 Å². The fraction of sp³-hybridized carbons (Fsp3) is 0.214. The molecule has 112 valence electrons. The Balaban J connectivity index is 2.27. The van der Waals surface area contributed by atoms with Crippen molar-refractivity contribution in [1.82, 2.24) is 9.29 Å². The van der Waals surface area contributed by atoms with Crippen molar-refractivity contribution in [3.8, 4) is 0 Å². The summed E-state index contributed by atoms with van der Waals surface area (Å²) in [7, 11) is -0.599. The molecule has 21 heavy (non-hydrogen) atoms. The molecule has 0 fully saturated rings. The van der Waals surface area contributed by atoms with E-state index in [0.717, 1.165) is 9.87 Å². The molecule has 0 radical (unpaired) electrons. The summed E-state index contributed by atoms with van der Waals surface area (Å²) in [6, 6.07) is 8.68. The van der Waals surface area contributed by atoms with Gasteiger partial charge in [-0.1, -0.05) is 6.07 Å². The molecular weight excluding hydrogens is 288 g/mol. The highest BCUT2D eigenvalue weighted by molar-refractivity contribution is 7.89. The van der Waals surface area contributed by atoms with Crippen molar-refractivity contribution in [2.45, 2.75) is 11.4 Å². The summed E-state index contributed by atoms with van der Waals surface area (Å²) < 4.78 is 25.5. The van der Waals surface area contributed by atoms with E-state index in [2.05, 4.69) is 10.3 Å². The molecule has 0 bridgehead atoms. The minimum atomic E-state index is -3.55. The van der Waals surface area contributed by atoms with Gasteiger partial charge < -0.3 is 11.1 Å². The van der Waals surface area contributed by atoms with Crippen molar-refractivity contribution in [2.24, 2.45) is 0 Å². The van der Waals surface area contributed by atoms with E-state index in [-0.39, 0.29) is 10.6 Å². The van der Waals surface area contributed by atoms with Gasteiger partial charge >= 0.3 is 0 Å². The van der Waals surface area contributed by atoms with Gasteiger partial charge in [0.05, 0.1) is 11.4 Å². The van der Waals surface area contributed by atoms with Gasteiger partial charge in [0, 0.05) is 33.0 Å². The molecule has 0 atom stereocenters. The Kier molecular flexibility index (Phi) is 4.44. The summed E-state index contributed by atoms with van der Waals surface area (Å²) in [6.07, 6.45) is 3.40. The summed E-state index contributed by atoms with van der Waals surface area (Å²) in [5, 5.41) is 3.14. The molecule has 2 aromatic rings. The number of nitrogens with zero attached hydrogens (tertiary/aromatic N) is 2. The Morgan fingerprint density at radius 2 is 1.86 bits per heavy atom. The number of rotatable bonds is 5. The maximum Gasteiger partial charge on any atom is 0.244 e. The van der Waals surface area contributed by atoms with Gasteiger partial charge in [0.2, 0.25) is 10.0 Å². The third kappa shape index (κ3) is 3.32. The number of hydrogen-bond donors (Lipinski definition) is 2. The van der Waals surface area contributed by atoms with Crippen molar-refractivity contribution in [3.63, 3.8) is 0 Å². The first-order valence-corrected chi connectivity index (χ1v) is 7.80. The second-order valence-electron chi connectivity index (χ2n) is 4.71. The fourth-order valence-corrected chi connectivity index (χ4v) is 2.85. The zero-order chi connectivity index (χ0) is 15.5. The van der Waals surface area contributed by atoms with Crippen LogP contribution in [-0.2, 0) is 16.6 Å². The summed E-state index contributed by atoms with van der Waals surface area (Å²) in [5.41, 5.74) is 7.84. The van der Waals surface area contributed by atoms with Gasteiger partial charge in [0.1, 0.15) is 4.90 Å². The van der Waals surface area contributed by atoms with Gasteiger partial charge in [0.15, 0.2) is 0 Å². The molecule has 0 aliphatic heterocycles. The van der Waals surface area contributed by atoms with E-state index >= 15 is 0 Å². The van der Waals surface area contributed by atoms with Crippen LogP contribution in [0.15, 0.2) is 47.6 Å². The third-order valence-electron chi connectivity index (χ3n) is 3.06. The summed E-state index contributed by atoms with van der Waals surface area (Å²) in [4.78, 5) is 4.05. The van der Waals surface area contributed by atoms with Gasteiger partial charge in [0.25, 0.3) is 0 Å². The standard InChI is InChI=1S/C14H18N4O2S/c1-18(2)21(19,20)13-5-3-4-12(14(13)15)17-10-11-6-8-16-9-7-11/h3-9,17H,10,15H2,1-2H3. The van der Waals surface area contributed by atoms with Crippen LogP contribution < -0.4 is 11.1 Å². The first kappa shape index (κ1) is 15.3. The van der Waals surface area contributed by atoms with E-state index in [1.807, 2.05) is 12.1 Å². The lowest BCUT2D eigenvalue weighted by molar-refractivity contribution is 0.521. The highest BCUT2D eigenvalue weighted by Gasteiger charge is 2.21. The maximum atomic E-state index is 12.2. The van der Waals surface area contributed by atoms with E-state index in [4.69, 9.17) is 5.73 Å². The largest absolute Gasteiger partial charge is 0.396 e. The number of sulfonamides is 1. The maximum absolute atomic E-state index is 12.2. The Morgan fingerprint density at radius 1 is 1.19 bits per heavy atom. The molecule has 6 nitrogen and oxygen atoms in total. The summed E-state index contributed by atoms with van der Waals surface area (Å²) in [6.45, 7) is 0.540. The van der Waals surface area contributed by atoms with Crippen molar-refractivity contribution >= 4 is 21.4 Å². The van der Waals surface area contributed by atoms with Crippen LogP contribution >= 0.6 is 0 Å². The highest BCUT2D eigenvalue weighted by Crippen LogP contribution is 2.28. The molecule has 0 aliphatic rings. The molecule has 0 saturated carbocycles. The zero-order valence-corrected chi connectivity index (χ0v) is 12.8. The fourth-order valence-electron chi connectivity index (χ4n) is 1.82. The van der Waals surface area contributed by atoms with Crippen LogP contribution in [0.4, 0.5) is 11.4 Å². The monoisotopic (exact) mass is 306 g/mol. The lowest BCUT2D eigenvalue weighted by atomic mass is 10.2. The molecule has 0 amide bonds. The Morgan fingerprint density at radius 3 is 2.48 bits per heavy atom. The molecular formula is C14H18N4O2S. The second-order valence-corrected chi connectivity index (χ2v) is 6.83. The first-order chi connectivity index (χ1) is 9.93. The minimum Gasteiger partial charge on any atom is -0.396 e. The second kappa shape index (κ2) is 6.11. The number of pyridine rings is 1. The van der Waals surface area contributed by atoms with Gasteiger partial charge in [-0.3, -0.25) is 4.98 Å². The predicted molar refractivity (Wildman–Crippen MR) is 83.3 cm³/mol. The topological polar surface area (TPSA) is 88.3 Å². The molecule has 2 rings (SSSR count). The average Bonchev–Trinajstić information content (AvgIpc) is 2.47. The number of para-hydroxylation sites is 1.